The molecule has 2 N–H and O–H groups in total. The number of ether oxygens (including phenoxy) is 1. The Balaban J connectivity index is 1.87. The molecule has 0 aromatic heterocycles. The fraction of sp³-hybridized carbons (Fsp3) is 0.263. The number of carboxylic acids is 1. The first-order valence-corrected chi connectivity index (χ1v) is 8.67. The van der Waals surface area contributed by atoms with Gasteiger partial charge in [0.15, 0.2) is 0 Å². The third-order valence-corrected chi connectivity index (χ3v) is 4.58. The second-order valence-corrected chi connectivity index (χ2v) is 6.33. The van der Waals surface area contributed by atoms with Crippen LogP contribution in [0.2, 0.25) is 0 Å². The minimum atomic E-state index is -1.12. The first-order valence-electron chi connectivity index (χ1n) is 8.67. The van der Waals surface area contributed by atoms with Crippen LogP contribution in [0.3, 0.4) is 0 Å². The zero-order valence-electron chi connectivity index (χ0n) is 15.2. The number of rotatable bonds is 6. The maximum absolute atomic E-state index is 12.6. The molecule has 1 aliphatic heterocycles. The monoisotopic (exact) mass is 385 g/mol. The SMILES string of the molecule is COc1cc(C(=O)O)ccc1NC(=O)c1ccc(N2CCCC2)c([N+](=O)[O-])c1. The topological polar surface area (TPSA) is 122 Å². The van der Waals surface area contributed by atoms with Gasteiger partial charge in [-0.2, -0.15) is 0 Å². The molecule has 1 heterocycles. The van der Waals surface area contributed by atoms with Crippen molar-refractivity contribution >= 4 is 28.9 Å². The van der Waals surface area contributed by atoms with Crippen molar-refractivity contribution in [3.63, 3.8) is 0 Å². The van der Waals surface area contributed by atoms with Gasteiger partial charge in [0.05, 0.1) is 23.3 Å². The largest absolute Gasteiger partial charge is 0.495 e. The summed E-state index contributed by atoms with van der Waals surface area (Å²) in [6.07, 6.45) is 1.96. The van der Waals surface area contributed by atoms with Crippen LogP contribution in [-0.2, 0) is 0 Å². The Morgan fingerprint density at radius 1 is 1.14 bits per heavy atom. The Labute approximate surface area is 160 Å². The highest BCUT2D eigenvalue weighted by atomic mass is 16.6. The first kappa shape index (κ1) is 19.2. The summed E-state index contributed by atoms with van der Waals surface area (Å²) in [5.41, 5.74) is 0.786. The Morgan fingerprint density at radius 3 is 2.43 bits per heavy atom. The second kappa shape index (κ2) is 7.95. The van der Waals surface area contributed by atoms with Crippen LogP contribution in [0.15, 0.2) is 36.4 Å². The molecule has 2 aromatic rings. The molecule has 0 spiro atoms. The summed E-state index contributed by atoms with van der Waals surface area (Å²) in [6, 6.07) is 8.40. The summed E-state index contributed by atoms with van der Waals surface area (Å²) in [5.74, 6) is -1.50. The van der Waals surface area contributed by atoms with Crippen LogP contribution < -0.4 is 15.0 Å². The molecular weight excluding hydrogens is 366 g/mol. The van der Waals surface area contributed by atoms with Gasteiger partial charge in [0.25, 0.3) is 11.6 Å². The Kier molecular flexibility index (Phi) is 5.44. The number of hydrogen-bond donors (Lipinski definition) is 2. The zero-order valence-corrected chi connectivity index (χ0v) is 15.2. The number of nitro groups is 1. The molecule has 146 valence electrons. The van der Waals surface area contributed by atoms with Crippen molar-refractivity contribution in [1.82, 2.24) is 0 Å². The number of carbonyl (C=O) groups is 2. The molecule has 9 nitrogen and oxygen atoms in total. The average molecular weight is 385 g/mol. The minimum Gasteiger partial charge on any atom is -0.495 e. The first-order chi connectivity index (χ1) is 13.4. The summed E-state index contributed by atoms with van der Waals surface area (Å²) in [6.45, 7) is 1.50. The number of hydrogen-bond acceptors (Lipinski definition) is 6. The van der Waals surface area contributed by atoms with Crippen LogP contribution in [0, 0.1) is 10.1 Å². The van der Waals surface area contributed by atoms with Gasteiger partial charge >= 0.3 is 5.97 Å². The van der Waals surface area contributed by atoms with Crippen LogP contribution in [-0.4, -0.2) is 42.1 Å². The lowest BCUT2D eigenvalue weighted by molar-refractivity contribution is -0.384. The predicted molar refractivity (Wildman–Crippen MR) is 102 cm³/mol. The molecule has 0 unspecified atom stereocenters. The number of nitrogens with one attached hydrogen (secondary N) is 1. The number of carbonyl (C=O) groups excluding carboxylic acids is 1. The molecular formula is C19H19N3O6. The van der Waals surface area contributed by atoms with E-state index in [4.69, 9.17) is 9.84 Å². The fourth-order valence-electron chi connectivity index (χ4n) is 3.16. The van der Waals surface area contributed by atoms with Crippen molar-refractivity contribution in [2.45, 2.75) is 12.8 Å². The Morgan fingerprint density at radius 2 is 1.82 bits per heavy atom. The van der Waals surface area contributed by atoms with Crippen molar-refractivity contribution in [2.24, 2.45) is 0 Å². The van der Waals surface area contributed by atoms with Crippen molar-refractivity contribution in [2.75, 3.05) is 30.4 Å². The number of carboxylic acid groups (broad SMARTS) is 1. The van der Waals surface area contributed by atoms with E-state index in [2.05, 4.69) is 5.32 Å². The van der Waals surface area contributed by atoms with Gasteiger partial charge in [-0.25, -0.2) is 4.79 Å². The molecule has 1 amide bonds. The lowest BCUT2D eigenvalue weighted by Crippen LogP contribution is -2.20. The molecule has 0 saturated carbocycles. The summed E-state index contributed by atoms with van der Waals surface area (Å²) in [4.78, 5) is 36.6. The quantitative estimate of drug-likeness (QED) is 0.578. The smallest absolute Gasteiger partial charge is 0.335 e. The van der Waals surface area contributed by atoms with Gasteiger partial charge in [-0.1, -0.05) is 0 Å². The van der Waals surface area contributed by atoms with Crippen LogP contribution >= 0.6 is 0 Å². The van der Waals surface area contributed by atoms with Crippen LogP contribution in [0.4, 0.5) is 17.1 Å². The van der Waals surface area contributed by atoms with E-state index in [0.29, 0.717) is 5.69 Å². The molecule has 0 atom stereocenters. The summed E-state index contributed by atoms with van der Waals surface area (Å²) in [5, 5.41) is 23.1. The van der Waals surface area contributed by atoms with Gasteiger partial charge in [-0.15, -0.1) is 0 Å². The highest BCUT2D eigenvalue weighted by Gasteiger charge is 2.24. The Bertz CT molecular complexity index is 937. The normalized spacial score (nSPS) is 13.2. The van der Waals surface area contributed by atoms with E-state index in [1.54, 1.807) is 6.07 Å². The number of anilines is 2. The second-order valence-electron chi connectivity index (χ2n) is 6.33. The van der Waals surface area contributed by atoms with E-state index in [0.717, 1.165) is 25.9 Å². The molecule has 28 heavy (non-hydrogen) atoms. The number of amides is 1. The third kappa shape index (κ3) is 3.88. The lowest BCUT2D eigenvalue weighted by Gasteiger charge is -2.18. The van der Waals surface area contributed by atoms with Crippen LogP contribution in [0.1, 0.15) is 33.6 Å². The van der Waals surface area contributed by atoms with Crippen molar-refractivity contribution in [3.05, 3.63) is 57.6 Å². The van der Waals surface area contributed by atoms with Crippen molar-refractivity contribution < 1.29 is 24.4 Å². The molecule has 1 saturated heterocycles. The molecule has 0 aliphatic carbocycles. The average Bonchev–Trinajstić information content (AvgIpc) is 3.22. The van der Waals surface area contributed by atoms with E-state index < -0.39 is 16.8 Å². The molecule has 0 bridgehead atoms. The summed E-state index contributed by atoms with van der Waals surface area (Å²) in [7, 11) is 1.35. The van der Waals surface area contributed by atoms with Gasteiger partial charge in [0, 0.05) is 24.7 Å². The molecule has 0 radical (unpaired) electrons. The van der Waals surface area contributed by atoms with Gasteiger partial charge < -0.3 is 20.1 Å². The van der Waals surface area contributed by atoms with Gasteiger partial charge in [-0.05, 0) is 43.2 Å². The van der Waals surface area contributed by atoms with Crippen molar-refractivity contribution in [1.29, 1.82) is 0 Å². The minimum absolute atomic E-state index is 0.0143. The van der Waals surface area contributed by atoms with Gasteiger partial charge in [0.1, 0.15) is 11.4 Å². The van der Waals surface area contributed by atoms with Crippen LogP contribution in [0.25, 0.3) is 0 Å². The van der Waals surface area contributed by atoms with E-state index in [1.807, 2.05) is 4.90 Å². The van der Waals surface area contributed by atoms with E-state index in [-0.39, 0.29) is 28.3 Å². The highest BCUT2D eigenvalue weighted by molar-refractivity contribution is 6.06. The zero-order chi connectivity index (χ0) is 20.3. The maximum atomic E-state index is 12.6. The highest BCUT2D eigenvalue weighted by Crippen LogP contribution is 2.32. The number of nitro benzene ring substituents is 1. The molecule has 1 fully saturated rings. The summed E-state index contributed by atoms with van der Waals surface area (Å²) >= 11 is 0. The number of aromatic carboxylic acids is 1. The van der Waals surface area contributed by atoms with Gasteiger partial charge in [-0.3, -0.25) is 14.9 Å². The molecule has 1 aliphatic rings. The predicted octanol–water partition coefficient (Wildman–Crippen LogP) is 3.15. The third-order valence-electron chi connectivity index (χ3n) is 4.58. The molecule has 9 heteroatoms. The number of methoxy groups -OCH3 is 1. The number of benzene rings is 2. The van der Waals surface area contributed by atoms with Crippen molar-refractivity contribution in [3.8, 4) is 5.75 Å². The van der Waals surface area contributed by atoms with Crippen LogP contribution in [0.5, 0.6) is 5.75 Å². The molecule has 2 aromatic carbocycles. The van der Waals surface area contributed by atoms with E-state index >= 15 is 0 Å². The lowest BCUT2D eigenvalue weighted by atomic mass is 10.1. The maximum Gasteiger partial charge on any atom is 0.335 e. The van der Waals surface area contributed by atoms with E-state index in [9.17, 15) is 19.7 Å². The van der Waals surface area contributed by atoms with Gasteiger partial charge in [0.2, 0.25) is 0 Å². The number of nitrogens with zero attached hydrogens (tertiary/aromatic N) is 2. The molecule has 3 rings (SSSR count). The standard InChI is InChI=1S/C19H19N3O6/c1-28-17-11-13(19(24)25)4-6-14(17)20-18(23)12-5-7-15(16(10-12)22(26)27)21-8-2-3-9-21/h4-7,10-11H,2-3,8-9H2,1H3,(H,20,23)(H,24,25). The fourth-order valence-corrected chi connectivity index (χ4v) is 3.16. The summed E-state index contributed by atoms with van der Waals surface area (Å²) < 4.78 is 5.13. The Hall–Kier alpha value is -3.62. The van der Waals surface area contributed by atoms with E-state index in [1.165, 1.54) is 37.4 Å².